The maximum absolute atomic E-state index is 15.6. The number of aliphatic hydroxyl groups is 4. The Kier molecular flexibility index (Phi) is 26.5. The van der Waals surface area contributed by atoms with Crippen LogP contribution in [0.1, 0.15) is 128 Å². The lowest BCUT2D eigenvalue weighted by Gasteiger charge is -2.52. The van der Waals surface area contributed by atoms with Crippen LogP contribution in [-0.4, -0.2) is 213 Å². The third kappa shape index (κ3) is 23.3. The molecule has 2 aromatic rings. The molecule has 2 fully saturated rings. The molecule has 3 aliphatic rings. The first-order valence-electron chi connectivity index (χ1n) is 30.9. The number of amides is 6. The molecule has 0 bridgehead atoms. The minimum Gasteiger partial charge on any atom is -0.491 e. The first-order valence-corrected chi connectivity index (χ1v) is 32.3. The fraction of sp³-hybridized carbons (Fsp3) is 0.672. The average Bonchev–Trinajstić information content (AvgIpc) is 0.749. The van der Waals surface area contributed by atoms with Crippen molar-refractivity contribution in [1.29, 1.82) is 0 Å². The van der Waals surface area contributed by atoms with Crippen molar-refractivity contribution in [2.75, 3.05) is 39.8 Å². The first kappa shape index (κ1) is 78.0. The molecule has 1 unspecified atom stereocenters. The van der Waals surface area contributed by atoms with Gasteiger partial charge in [-0.1, -0.05) is 12.1 Å². The van der Waals surface area contributed by atoms with Crippen molar-refractivity contribution in [2.24, 2.45) is 5.92 Å². The third-order valence-electron chi connectivity index (χ3n) is 14.7. The number of hydrogen-bond donors (Lipinski definition) is 9. The zero-order valence-electron chi connectivity index (χ0n) is 56.0. The van der Waals surface area contributed by atoms with E-state index in [1.54, 1.807) is 83.1 Å². The Labute approximate surface area is 551 Å². The standard InChI is InChI=1S/C61H93N9O24S/c1-57(2,3)91-53(76)62-28-17-18-30-68(95(85,86)43-20-16-15-19-40(43)70(83)84)41-26-25-37(32-64-52(75)87-33-35-21-23-36(24-22-35)69(81)82)89-48(41)44-38(66-55(78)93-59(7,8)9)31-39(65-50(74)42(71)27-29-63-54(77)92-58(4,5)6)47(45(44)72)90-51-46(73)49(61(13,80)34-88-51)67(14)56(79)94-60(10,11)12/h15-16,19-25,38-39,41-42,44-49,51,71-73,80H,17-18,26-34H2,1-14H3,(H,62,76)(H,63,77)(H,64,75)(H,65,74)(H,66,78)/t38-,39+,41+,42-,44+,45-,46+,47-,48?,49+,51+,61-/m0/s1. The number of nitrogens with zero attached hydrogens (tertiary/aromatic N) is 4. The van der Waals surface area contributed by atoms with Gasteiger partial charge in [-0.05, 0) is 152 Å². The van der Waals surface area contributed by atoms with Crippen molar-refractivity contribution in [3.63, 3.8) is 0 Å². The SMILES string of the molecule is CN(C(=O)OC(C)(C)C)[C@@H]1[C@@H](O)[C@@H](O[C@@H]2[C@@H](O)[C@H](C3OC(CNC(=O)OCc4ccc([N+](=O)[O-])cc4)=CC[C@H]3N(CCCCNC(=O)OC(C)(C)C)S(=O)(=O)c3ccccc3[N+](=O)[O-])[C@@H](NC(=O)OC(C)(C)C)C[C@H]2NC(=O)[C@@H](O)CCNC(=O)OC(C)(C)C)OC[C@]1(C)O. The first-order chi connectivity index (χ1) is 43.9. The van der Waals surface area contributed by atoms with E-state index in [0.29, 0.717) is 5.56 Å². The van der Waals surface area contributed by atoms with E-state index in [2.05, 4.69) is 26.6 Å². The molecule has 12 atom stereocenters. The highest BCUT2D eigenvalue weighted by Crippen LogP contribution is 2.42. The number of sulfonamides is 1. The summed E-state index contributed by atoms with van der Waals surface area (Å²) in [6.45, 7) is 18.1. The molecule has 2 aliphatic heterocycles. The van der Waals surface area contributed by atoms with Crippen LogP contribution in [0.4, 0.5) is 35.3 Å². The zero-order chi connectivity index (χ0) is 71.3. The lowest BCUT2D eigenvalue weighted by molar-refractivity contribution is -0.387. The second-order valence-corrected chi connectivity index (χ2v) is 29.3. The van der Waals surface area contributed by atoms with E-state index in [-0.39, 0.29) is 50.4 Å². The number of nitrogens with one attached hydrogen (secondary N) is 5. The monoisotopic (exact) mass is 1370 g/mol. The molecule has 5 rings (SSSR count). The van der Waals surface area contributed by atoms with Crippen LogP contribution in [0.5, 0.6) is 0 Å². The number of para-hydroxylation sites is 1. The van der Waals surface area contributed by atoms with E-state index in [9.17, 15) is 69.4 Å². The number of aliphatic hydroxyl groups excluding tert-OH is 3. The number of hydrogen-bond acceptors (Lipinski definition) is 24. The van der Waals surface area contributed by atoms with Gasteiger partial charge < -0.3 is 89.8 Å². The summed E-state index contributed by atoms with van der Waals surface area (Å²) in [6, 6.07) is 3.36. The van der Waals surface area contributed by atoms with Crippen molar-refractivity contribution >= 4 is 57.8 Å². The number of non-ortho nitro benzene ring substituents is 1. The van der Waals surface area contributed by atoms with Gasteiger partial charge in [0.05, 0.1) is 47.2 Å². The summed E-state index contributed by atoms with van der Waals surface area (Å²) in [6.07, 6.45) is -16.5. The molecule has 0 aromatic heterocycles. The molecule has 2 aromatic carbocycles. The van der Waals surface area contributed by atoms with Gasteiger partial charge in [0.1, 0.15) is 64.8 Å². The predicted molar refractivity (Wildman–Crippen MR) is 336 cm³/mol. The number of carbonyl (C=O) groups excluding carboxylic acids is 6. The van der Waals surface area contributed by atoms with Crippen molar-refractivity contribution in [1.82, 2.24) is 35.8 Å². The minimum atomic E-state index is -5.11. The number of ether oxygens (including phenoxy) is 8. The van der Waals surface area contributed by atoms with Crippen LogP contribution >= 0.6 is 0 Å². The maximum Gasteiger partial charge on any atom is 0.410 e. The summed E-state index contributed by atoms with van der Waals surface area (Å²) < 4.78 is 78.6. The third-order valence-corrected chi connectivity index (χ3v) is 16.7. The number of nitro groups is 2. The van der Waals surface area contributed by atoms with E-state index < -0.39 is 194 Å². The van der Waals surface area contributed by atoms with Crippen molar-refractivity contribution in [3.05, 3.63) is 86.2 Å². The topological polar surface area (TPSA) is 444 Å². The molecular formula is C61H93N9O24S. The summed E-state index contributed by atoms with van der Waals surface area (Å²) >= 11 is 0. The number of nitro benzene ring substituents is 2. The molecule has 1 saturated heterocycles. The minimum absolute atomic E-state index is 0.0574. The van der Waals surface area contributed by atoms with Gasteiger partial charge in [0.15, 0.2) is 11.2 Å². The van der Waals surface area contributed by atoms with Crippen LogP contribution in [0.3, 0.4) is 0 Å². The van der Waals surface area contributed by atoms with Gasteiger partial charge in [0, 0.05) is 56.8 Å². The van der Waals surface area contributed by atoms with Gasteiger partial charge in [0.25, 0.3) is 11.4 Å². The number of alkyl carbamates (subject to hydrolysis) is 4. The molecule has 34 heteroatoms. The second kappa shape index (κ2) is 32.3. The van der Waals surface area contributed by atoms with Crippen molar-refractivity contribution in [3.8, 4) is 0 Å². The summed E-state index contributed by atoms with van der Waals surface area (Å²) in [5.41, 5.74) is -6.75. The normalized spacial score (nSPS) is 24.4. The Balaban J connectivity index is 1.70. The highest BCUT2D eigenvalue weighted by molar-refractivity contribution is 7.89. The number of benzene rings is 2. The summed E-state index contributed by atoms with van der Waals surface area (Å²) in [5, 5.41) is 85.8. The highest BCUT2D eigenvalue weighted by atomic mass is 32.2. The molecule has 0 radical (unpaired) electrons. The quantitative estimate of drug-likeness (QED) is 0.0292. The Hall–Kier alpha value is -7.73. The van der Waals surface area contributed by atoms with Gasteiger partial charge in [-0.15, -0.1) is 0 Å². The molecule has 532 valence electrons. The summed E-state index contributed by atoms with van der Waals surface area (Å²) in [5.74, 6) is -2.95. The molecule has 2 heterocycles. The van der Waals surface area contributed by atoms with Gasteiger partial charge in [0.2, 0.25) is 15.9 Å². The van der Waals surface area contributed by atoms with Crippen LogP contribution in [0.2, 0.25) is 0 Å². The fourth-order valence-corrected chi connectivity index (χ4v) is 12.6. The highest BCUT2D eigenvalue weighted by Gasteiger charge is 2.58. The number of carbonyl (C=O) groups is 6. The maximum atomic E-state index is 15.6. The largest absolute Gasteiger partial charge is 0.491 e. The van der Waals surface area contributed by atoms with Crippen LogP contribution in [0.15, 0.2) is 65.3 Å². The van der Waals surface area contributed by atoms with Gasteiger partial charge >= 0.3 is 30.5 Å². The number of likely N-dealkylation sites (N-methyl/N-ethyl adjacent to an activating group) is 1. The molecule has 95 heavy (non-hydrogen) atoms. The van der Waals surface area contributed by atoms with Crippen molar-refractivity contribution in [2.45, 2.75) is 223 Å². The van der Waals surface area contributed by atoms with Crippen LogP contribution in [0.25, 0.3) is 0 Å². The van der Waals surface area contributed by atoms with Gasteiger partial charge in [-0.3, -0.25) is 25.0 Å². The molecule has 1 aliphatic carbocycles. The van der Waals surface area contributed by atoms with Crippen LogP contribution < -0.4 is 26.6 Å². The van der Waals surface area contributed by atoms with E-state index in [1.807, 2.05) is 0 Å². The summed E-state index contributed by atoms with van der Waals surface area (Å²) in [7, 11) is -3.87. The molecule has 9 N–H and O–H groups in total. The Morgan fingerprint density at radius 1 is 0.747 bits per heavy atom. The van der Waals surface area contributed by atoms with Crippen LogP contribution in [0, 0.1) is 26.1 Å². The Morgan fingerprint density at radius 2 is 1.33 bits per heavy atom. The zero-order valence-corrected chi connectivity index (χ0v) is 56.8. The molecule has 33 nitrogen and oxygen atoms in total. The van der Waals surface area contributed by atoms with Gasteiger partial charge in [-0.2, -0.15) is 4.31 Å². The predicted octanol–water partition coefficient (Wildman–Crippen LogP) is 4.89. The number of rotatable bonds is 24. The number of unbranched alkanes of at least 4 members (excludes halogenated alkanes) is 1. The van der Waals surface area contributed by atoms with E-state index in [0.717, 1.165) is 21.3 Å². The van der Waals surface area contributed by atoms with E-state index >= 15 is 8.42 Å². The fourth-order valence-electron chi connectivity index (χ4n) is 10.8. The Morgan fingerprint density at radius 3 is 1.91 bits per heavy atom. The lowest BCUT2D eigenvalue weighted by atomic mass is 9.72. The smallest absolute Gasteiger partial charge is 0.410 e. The van der Waals surface area contributed by atoms with E-state index in [1.165, 1.54) is 56.4 Å². The molecule has 1 saturated carbocycles. The molecule has 6 amide bonds. The second-order valence-electron chi connectivity index (χ2n) is 27.5. The molecular weight excluding hydrogens is 1270 g/mol. The average molecular weight is 1370 g/mol. The summed E-state index contributed by atoms with van der Waals surface area (Å²) in [4.78, 5) is 103. The Bertz CT molecular complexity index is 3160. The van der Waals surface area contributed by atoms with Crippen molar-refractivity contribution < 1.29 is 105 Å². The van der Waals surface area contributed by atoms with E-state index in [4.69, 9.17) is 37.9 Å². The lowest BCUT2D eigenvalue weighted by Crippen LogP contribution is -2.71. The van der Waals surface area contributed by atoms with Crippen LogP contribution in [-0.2, 0) is 59.3 Å². The molecule has 0 spiro atoms. The van der Waals surface area contributed by atoms with Gasteiger partial charge in [-0.25, -0.2) is 32.4 Å².